The number of thioether (sulfide) groups is 2. The van der Waals surface area contributed by atoms with Crippen molar-refractivity contribution in [3.05, 3.63) is 0 Å². The third kappa shape index (κ3) is 14.6. The second-order valence-electron chi connectivity index (χ2n) is 3.62. The van der Waals surface area contributed by atoms with Crippen molar-refractivity contribution in [2.75, 3.05) is 50.4 Å². The van der Waals surface area contributed by atoms with Crippen LogP contribution in [0.4, 0.5) is 0 Å². The van der Waals surface area contributed by atoms with Crippen molar-refractivity contribution < 1.29 is 9.47 Å². The Morgan fingerprint density at radius 1 is 0.625 bits per heavy atom. The van der Waals surface area contributed by atoms with E-state index in [-0.39, 0.29) is 0 Å². The van der Waals surface area contributed by atoms with Crippen LogP contribution in [0.15, 0.2) is 0 Å². The minimum atomic E-state index is 0.890. The van der Waals surface area contributed by atoms with Crippen LogP contribution < -0.4 is 0 Å². The summed E-state index contributed by atoms with van der Waals surface area (Å²) in [5, 5.41) is 0. The van der Waals surface area contributed by atoms with Gasteiger partial charge in [-0.15, -0.1) is 0 Å². The molecule has 98 valence electrons. The Morgan fingerprint density at radius 3 is 1.44 bits per heavy atom. The van der Waals surface area contributed by atoms with Crippen LogP contribution >= 0.6 is 23.5 Å². The predicted molar refractivity (Wildman–Crippen MR) is 76.9 cm³/mol. The zero-order chi connectivity index (χ0) is 11.9. The predicted octanol–water partition coefficient (Wildman–Crippen LogP) is 3.31. The molecule has 0 N–H and O–H groups in total. The lowest BCUT2D eigenvalue weighted by molar-refractivity contribution is 0.218. The van der Waals surface area contributed by atoms with Gasteiger partial charge in [0.2, 0.25) is 0 Å². The number of hydrogen-bond acceptors (Lipinski definition) is 4. The summed E-state index contributed by atoms with van der Waals surface area (Å²) in [6, 6.07) is 0. The maximum atomic E-state index is 5.00. The molecule has 0 saturated heterocycles. The van der Waals surface area contributed by atoms with E-state index < -0.39 is 0 Å². The summed E-state index contributed by atoms with van der Waals surface area (Å²) in [4.78, 5) is 0. The van der Waals surface area contributed by atoms with Crippen molar-refractivity contribution in [3.8, 4) is 0 Å². The van der Waals surface area contributed by atoms with Gasteiger partial charge in [-0.1, -0.05) is 12.8 Å². The standard InChI is InChI=1S/C12H26O2S2/c1-13-7-11-15-9-5-3-4-6-10-16-12-8-14-2/h3-12H2,1-2H3. The number of ether oxygens (including phenoxy) is 2. The van der Waals surface area contributed by atoms with Gasteiger partial charge in [0.05, 0.1) is 13.2 Å². The molecule has 16 heavy (non-hydrogen) atoms. The highest BCUT2D eigenvalue weighted by Crippen LogP contribution is 2.10. The van der Waals surface area contributed by atoms with E-state index in [1.807, 2.05) is 23.5 Å². The highest BCUT2D eigenvalue weighted by molar-refractivity contribution is 7.99. The highest BCUT2D eigenvalue weighted by atomic mass is 32.2. The molecule has 0 atom stereocenters. The van der Waals surface area contributed by atoms with Gasteiger partial charge in [-0.05, 0) is 24.3 Å². The van der Waals surface area contributed by atoms with Crippen LogP contribution in [0.1, 0.15) is 25.7 Å². The van der Waals surface area contributed by atoms with Gasteiger partial charge < -0.3 is 9.47 Å². The summed E-state index contributed by atoms with van der Waals surface area (Å²) in [7, 11) is 3.53. The van der Waals surface area contributed by atoms with E-state index in [4.69, 9.17) is 9.47 Å². The fourth-order valence-corrected chi connectivity index (χ4v) is 3.04. The van der Waals surface area contributed by atoms with E-state index in [2.05, 4.69) is 0 Å². The van der Waals surface area contributed by atoms with Crippen LogP contribution in [0.5, 0.6) is 0 Å². The Kier molecular flexibility index (Phi) is 16.2. The van der Waals surface area contributed by atoms with E-state index in [0.29, 0.717) is 0 Å². The van der Waals surface area contributed by atoms with Crippen molar-refractivity contribution in [2.45, 2.75) is 25.7 Å². The maximum Gasteiger partial charge on any atom is 0.0552 e. The molecule has 0 radical (unpaired) electrons. The molecule has 0 fully saturated rings. The van der Waals surface area contributed by atoms with Gasteiger partial charge in [0, 0.05) is 25.7 Å². The topological polar surface area (TPSA) is 18.5 Å². The lowest BCUT2D eigenvalue weighted by Crippen LogP contribution is -1.94. The third-order valence-corrected chi connectivity index (χ3v) is 4.26. The summed E-state index contributed by atoms with van der Waals surface area (Å²) in [6.07, 6.45) is 5.48. The second-order valence-corrected chi connectivity index (χ2v) is 6.07. The first-order valence-electron chi connectivity index (χ1n) is 6.05. The molecule has 0 amide bonds. The van der Waals surface area contributed by atoms with Gasteiger partial charge in [0.25, 0.3) is 0 Å². The van der Waals surface area contributed by atoms with E-state index in [1.54, 1.807) is 14.2 Å². The van der Waals surface area contributed by atoms with Crippen molar-refractivity contribution in [1.82, 2.24) is 0 Å². The van der Waals surface area contributed by atoms with E-state index in [1.165, 1.54) is 37.2 Å². The molecular weight excluding hydrogens is 240 g/mol. The van der Waals surface area contributed by atoms with Crippen LogP contribution in [-0.2, 0) is 9.47 Å². The quantitative estimate of drug-likeness (QED) is 0.476. The van der Waals surface area contributed by atoms with Crippen LogP contribution in [0.25, 0.3) is 0 Å². The summed E-state index contributed by atoms with van der Waals surface area (Å²) in [5.41, 5.74) is 0. The summed E-state index contributed by atoms with van der Waals surface area (Å²) >= 11 is 4.01. The van der Waals surface area contributed by atoms with Crippen LogP contribution in [0.3, 0.4) is 0 Å². The highest BCUT2D eigenvalue weighted by Gasteiger charge is 1.93. The molecule has 0 unspecified atom stereocenters. The van der Waals surface area contributed by atoms with Gasteiger partial charge in [0.1, 0.15) is 0 Å². The van der Waals surface area contributed by atoms with Crippen molar-refractivity contribution in [3.63, 3.8) is 0 Å². The molecule has 0 aromatic carbocycles. The molecule has 0 heterocycles. The Bertz CT molecular complexity index is 110. The van der Waals surface area contributed by atoms with Gasteiger partial charge >= 0.3 is 0 Å². The SMILES string of the molecule is COCCSCCCCCCSCCOC. The second kappa shape index (κ2) is 15.6. The Hall–Kier alpha value is 0.620. The lowest BCUT2D eigenvalue weighted by Gasteiger charge is -2.02. The molecular formula is C12H26O2S2. The molecule has 0 aromatic rings. The molecule has 0 spiro atoms. The Morgan fingerprint density at radius 2 is 1.06 bits per heavy atom. The van der Waals surface area contributed by atoms with Crippen LogP contribution in [0.2, 0.25) is 0 Å². The first-order chi connectivity index (χ1) is 7.91. The Balaban J connectivity index is 2.83. The zero-order valence-corrected chi connectivity index (χ0v) is 12.3. The molecule has 0 rings (SSSR count). The first kappa shape index (κ1) is 16.6. The van der Waals surface area contributed by atoms with Crippen molar-refractivity contribution in [2.24, 2.45) is 0 Å². The van der Waals surface area contributed by atoms with Crippen LogP contribution in [0, 0.1) is 0 Å². The fourth-order valence-electron chi connectivity index (χ4n) is 1.25. The molecule has 0 saturated carbocycles. The van der Waals surface area contributed by atoms with E-state index in [0.717, 1.165) is 24.7 Å². The molecule has 4 heteroatoms. The van der Waals surface area contributed by atoms with E-state index in [9.17, 15) is 0 Å². The average molecular weight is 266 g/mol. The van der Waals surface area contributed by atoms with Gasteiger partial charge in [-0.25, -0.2) is 0 Å². The smallest absolute Gasteiger partial charge is 0.0552 e. The van der Waals surface area contributed by atoms with Crippen LogP contribution in [-0.4, -0.2) is 50.4 Å². The Labute approximate surface area is 109 Å². The number of methoxy groups -OCH3 is 2. The number of hydrogen-bond donors (Lipinski definition) is 0. The zero-order valence-electron chi connectivity index (χ0n) is 10.7. The van der Waals surface area contributed by atoms with E-state index >= 15 is 0 Å². The normalized spacial score (nSPS) is 10.9. The van der Waals surface area contributed by atoms with Crippen molar-refractivity contribution in [1.29, 1.82) is 0 Å². The summed E-state index contributed by atoms with van der Waals surface area (Å²) in [5.74, 6) is 4.87. The third-order valence-electron chi connectivity index (χ3n) is 2.19. The van der Waals surface area contributed by atoms with Gasteiger partial charge in [0.15, 0.2) is 0 Å². The van der Waals surface area contributed by atoms with Gasteiger partial charge in [-0.2, -0.15) is 23.5 Å². The molecule has 0 aliphatic heterocycles. The molecule has 0 aliphatic carbocycles. The van der Waals surface area contributed by atoms with Crippen molar-refractivity contribution >= 4 is 23.5 Å². The minimum Gasteiger partial charge on any atom is -0.384 e. The van der Waals surface area contributed by atoms with Gasteiger partial charge in [-0.3, -0.25) is 0 Å². The lowest BCUT2D eigenvalue weighted by atomic mass is 10.2. The molecule has 0 aliphatic rings. The maximum absolute atomic E-state index is 5.00. The monoisotopic (exact) mass is 266 g/mol. The summed E-state index contributed by atoms with van der Waals surface area (Å²) < 4.78 is 10.00. The average Bonchev–Trinajstić information content (AvgIpc) is 2.31. The number of rotatable bonds is 13. The molecule has 0 bridgehead atoms. The number of unbranched alkanes of at least 4 members (excludes halogenated alkanes) is 3. The fraction of sp³-hybridized carbons (Fsp3) is 1.00. The summed E-state index contributed by atoms with van der Waals surface area (Å²) in [6.45, 7) is 1.78. The first-order valence-corrected chi connectivity index (χ1v) is 8.36. The largest absolute Gasteiger partial charge is 0.384 e. The molecule has 0 aromatic heterocycles. The molecule has 2 nitrogen and oxygen atoms in total. The minimum absolute atomic E-state index is 0.890.